The van der Waals surface area contributed by atoms with Gasteiger partial charge in [0.1, 0.15) is 6.10 Å². The Morgan fingerprint density at radius 1 is 1.13 bits per heavy atom. The smallest absolute Gasteiger partial charge is 0.434 e. The number of unbranched alkanes of at least 4 members (excludes halogenated alkanes) is 2. The number of rotatable bonds is 5. The van der Waals surface area contributed by atoms with Crippen LogP contribution in [0.15, 0.2) is 11.6 Å². The van der Waals surface area contributed by atoms with Crippen LogP contribution < -0.4 is 0 Å². The predicted molar refractivity (Wildman–Crippen MR) is 117 cm³/mol. The molecule has 0 amide bonds. The number of ketones is 1. The molecule has 0 heterocycles. The van der Waals surface area contributed by atoms with Crippen LogP contribution >= 0.6 is 0 Å². The average molecular weight is 417 g/mol. The highest BCUT2D eigenvalue weighted by atomic mass is 16.7. The van der Waals surface area contributed by atoms with E-state index in [0.29, 0.717) is 42.5 Å². The number of hydrogen-bond acceptors (Lipinski definition) is 4. The van der Waals surface area contributed by atoms with Gasteiger partial charge >= 0.3 is 6.16 Å². The van der Waals surface area contributed by atoms with Crippen LogP contribution in [0, 0.1) is 34.5 Å². The summed E-state index contributed by atoms with van der Waals surface area (Å²) in [6, 6.07) is 0. The molecule has 0 N–H and O–H groups in total. The number of hydrogen-bond donors (Lipinski definition) is 0. The SMILES string of the molecule is CCCCCOC(=O)O[C@H]1CCC2C3C(CC[C@@]21C)[C@@]1(C)CCC(=O)C=C1C[C@H]3C. The van der Waals surface area contributed by atoms with E-state index in [1.165, 1.54) is 12.0 Å². The van der Waals surface area contributed by atoms with Gasteiger partial charge in [0.05, 0.1) is 6.61 Å². The third kappa shape index (κ3) is 3.62. The number of fused-ring (bicyclic) bond motifs is 5. The van der Waals surface area contributed by atoms with Gasteiger partial charge in [-0.15, -0.1) is 0 Å². The van der Waals surface area contributed by atoms with Gasteiger partial charge in [0.25, 0.3) is 0 Å². The maximum atomic E-state index is 12.3. The molecule has 0 saturated heterocycles. The van der Waals surface area contributed by atoms with Crippen LogP contribution in [0.4, 0.5) is 4.79 Å². The minimum atomic E-state index is -0.472. The van der Waals surface area contributed by atoms with Crippen molar-refractivity contribution in [2.45, 2.75) is 98.0 Å². The van der Waals surface area contributed by atoms with Crippen molar-refractivity contribution in [1.82, 2.24) is 0 Å². The molecule has 3 saturated carbocycles. The molecule has 4 rings (SSSR count). The van der Waals surface area contributed by atoms with Crippen LogP contribution in [0.5, 0.6) is 0 Å². The molecule has 0 aliphatic heterocycles. The molecule has 3 unspecified atom stereocenters. The summed E-state index contributed by atoms with van der Waals surface area (Å²) in [7, 11) is 0. The van der Waals surface area contributed by atoms with E-state index in [4.69, 9.17) is 9.47 Å². The Labute approximate surface area is 182 Å². The van der Waals surface area contributed by atoms with Crippen molar-refractivity contribution in [1.29, 1.82) is 0 Å². The minimum Gasteiger partial charge on any atom is -0.434 e. The largest absolute Gasteiger partial charge is 0.508 e. The Morgan fingerprint density at radius 2 is 1.93 bits per heavy atom. The standard InChI is InChI=1S/C26H40O4/c1-5-6-7-14-29-24(28)30-22-9-8-20-23-17(2)15-18-16-19(27)10-12-25(18,3)21(23)11-13-26(20,22)4/h16-17,20-23H,5-15H2,1-4H3/t17-,20?,21?,22+,23?,25+,26+/m1/s1. The van der Waals surface area contributed by atoms with E-state index in [1.54, 1.807) is 0 Å². The van der Waals surface area contributed by atoms with Crippen LogP contribution in [-0.4, -0.2) is 24.6 Å². The fourth-order valence-electron chi connectivity index (χ4n) is 7.71. The highest BCUT2D eigenvalue weighted by Crippen LogP contribution is 2.66. The van der Waals surface area contributed by atoms with E-state index in [1.807, 2.05) is 6.08 Å². The molecule has 0 aromatic rings. The maximum Gasteiger partial charge on any atom is 0.508 e. The van der Waals surface area contributed by atoms with Crippen molar-refractivity contribution in [3.05, 3.63) is 11.6 Å². The molecule has 168 valence electrons. The lowest BCUT2D eigenvalue weighted by Gasteiger charge is -2.59. The monoisotopic (exact) mass is 416 g/mol. The fourth-order valence-corrected chi connectivity index (χ4v) is 7.71. The third-order valence-corrected chi connectivity index (χ3v) is 9.43. The lowest BCUT2D eigenvalue weighted by Crippen LogP contribution is -2.54. The summed E-state index contributed by atoms with van der Waals surface area (Å²) < 4.78 is 11.3. The van der Waals surface area contributed by atoms with Crippen LogP contribution in [0.2, 0.25) is 0 Å². The zero-order valence-electron chi connectivity index (χ0n) is 19.4. The van der Waals surface area contributed by atoms with Crippen molar-refractivity contribution >= 4 is 11.9 Å². The number of carbonyl (C=O) groups excluding carboxylic acids is 2. The van der Waals surface area contributed by atoms with Crippen molar-refractivity contribution in [2.24, 2.45) is 34.5 Å². The zero-order valence-corrected chi connectivity index (χ0v) is 19.4. The molecule has 0 bridgehead atoms. The summed E-state index contributed by atoms with van der Waals surface area (Å²) in [5, 5.41) is 0. The van der Waals surface area contributed by atoms with Gasteiger partial charge in [0, 0.05) is 11.8 Å². The Bertz CT molecular complexity index is 712. The summed E-state index contributed by atoms with van der Waals surface area (Å²) in [5.41, 5.74) is 1.65. The van der Waals surface area contributed by atoms with Crippen molar-refractivity contribution in [2.75, 3.05) is 6.61 Å². The van der Waals surface area contributed by atoms with E-state index in [9.17, 15) is 9.59 Å². The van der Waals surface area contributed by atoms with E-state index < -0.39 is 6.16 Å². The first kappa shape index (κ1) is 21.9. The van der Waals surface area contributed by atoms with Gasteiger partial charge in [-0.2, -0.15) is 0 Å². The number of ether oxygens (including phenoxy) is 2. The molecule has 0 aromatic carbocycles. The first-order valence-electron chi connectivity index (χ1n) is 12.4. The summed E-state index contributed by atoms with van der Waals surface area (Å²) in [5.74, 6) is 2.82. The molecule has 4 nitrogen and oxygen atoms in total. The van der Waals surface area contributed by atoms with E-state index in [2.05, 4.69) is 27.7 Å². The minimum absolute atomic E-state index is 0.0213. The maximum absolute atomic E-state index is 12.3. The molecule has 4 heteroatoms. The lowest BCUT2D eigenvalue weighted by atomic mass is 9.45. The second-order valence-corrected chi connectivity index (χ2v) is 11.1. The molecule has 7 atom stereocenters. The summed E-state index contributed by atoms with van der Waals surface area (Å²) in [6.07, 6.45) is 11.8. The Balaban J connectivity index is 1.47. The van der Waals surface area contributed by atoms with Gasteiger partial charge in [0.2, 0.25) is 0 Å². The second-order valence-electron chi connectivity index (χ2n) is 11.1. The Morgan fingerprint density at radius 3 is 2.70 bits per heavy atom. The van der Waals surface area contributed by atoms with Gasteiger partial charge in [-0.05, 0) is 80.1 Å². The average Bonchev–Trinajstić information content (AvgIpc) is 3.03. The first-order chi connectivity index (χ1) is 14.3. The van der Waals surface area contributed by atoms with Gasteiger partial charge in [-0.1, -0.05) is 46.1 Å². The highest BCUT2D eigenvalue weighted by molar-refractivity contribution is 5.91. The van der Waals surface area contributed by atoms with Gasteiger partial charge in [0.15, 0.2) is 5.78 Å². The summed E-state index contributed by atoms with van der Waals surface area (Å²) >= 11 is 0. The first-order valence-corrected chi connectivity index (χ1v) is 12.4. The molecule has 4 aliphatic rings. The summed E-state index contributed by atoms with van der Waals surface area (Å²) in [4.78, 5) is 24.4. The van der Waals surface area contributed by atoms with Crippen molar-refractivity contribution in [3.63, 3.8) is 0 Å². The van der Waals surface area contributed by atoms with Crippen LogP contribution in [0.1, 0.15) is 91.9 Å². The third-order valence-electron chi connectivity index (χ3n) is 9.43. The molecule has 0 aromatic heterocycles. The second kappa shape index (κ2) is 8.31. The predicted octanol–water partition coefficient (Wildman–Crippen LogP) is 6.48. The Hall–Kier alpha value is -1.32. The van der Waals surface area contributed by atoms with Crippen LogP contribution in [0.3, 0.4) is 0 Å². The summed E-state index contributed by atoms with van der Waals surface area (Å²) in [6.45, 7) is 9.78. The van der Waals surface area contributed by atoms with Gasteiger partial charge in [-0.25, -0.2) is 4.79 Å². The zero-order chi connectivity index (χ0) is 21.5. The molecular weight excluding hydrogens is 376 g/mol. The van der Waals surface area contributed by atoms with Crippen molar-refractivity contribution < 1.29 is 19.1 Å². The number of carbonyl (C=O) groups is 2. The lowest BCUT2D eigenvalue weighted by molar-refractivity contribution is -0.120. The molecule has 30 heavy (non-hydrogen) atoms. The van der Waals surface area contributed by atoms with Crippen LogP contribution in [0.25, 0.3) is 0 Å². The number of allylic oxidation sites excluding steroid dienone is 1. The molecule has 4 aliphatic carbocycles. The molecule has 0 spiro atoms. The van der Waals surface area contributed by atoms with Crippen molar-refractivity contribution in [3.8, 4) is 0 Å². The molecule has 3 fully saturated rings. The fraction of sp³-hybridized carbons (Fsp3) is 0.846. The molecule has 0 radical (unpaired) electrons. The normalized spacial score (nSPS) is 42.6. The van der Waals surface area contributed by atoms with E-state index in [-0.39, 0.29) is 16.9 Å². The highest BCUT2D eigenvalue weighted by Gasteiger charge is 2.61. The quantitative estimate of drug-likeness (QED) is 0.380. The van der Waals surface area contributed by atoms with E-state index in [0.717, 1.165) is 51.4 Å². The van der Waals surface area contributed by atoms with Crippen LogP contribution in [-0.2, 0) is 14.3 Å². The molecular formula is C26H40O4. The Kier molecular flexibility index (Phi) is 6.07. The van der Waals surface area contributed by atoms with E-state index >= 15 is 0 Å². The topological polar surface area (TPSA) is 52.6 Å². The van der Waals surface area contributed by atoms with Gasteiger partial charge in [-0.3, -0.25) is 4.79 Å². The van der Waals surface area contributed by atoms with Gasteiger partial charge < -0.3 is 9.47 Å².